The Morgan fingerprint density at radius 2 is 1.53 bits per heavy atom. The van der Waals surface area contributed by atoms with Crippen molar-refractivity contribution in [1.82, 2.24) is 4.90 Å². The van der Waals surface area contributed by atoms with Crippen molar-refractivity contribution in [2.24, 2.45) is 0 Å². The van der Waals surface area contributed by atoms with Crippen LogP contribution in [0, 0.1) is 0 Å². The first-order chi connectivity index (χ1) is 14.8. The van der Waals surface area contributed by atoms with Gasteiger partial charge in [0, 0.05) is 49.1 Å². The van der Waals surface area contributed by atoms with Crippen molar-refractivity contribution in [2.75, 3.05) is 49.1 Å². The molecule has 4 nitrogen and oxygen atoms in total. The number of para-hydroxylation sites is 3. The van der Waals surface area contributed by atoms with Crippen LogP contribution in [0.2, 0.25) is 5.02 Å². The fourth-order valence-corrected chi connectivity index (χ4v) is 4.58. The number of hydrogen-bond acceptors (Lipinski definition) is 4. The summed E-state index contributed by atoms with van der Waals surface area (Å²) < 4.78 is 6.40. The van der Waals surface area contributed by atoms with Gasteiger partial charge in [0.2, 0.25) is 0 Å². The molecule has 0 spiro atoms. The second kappa shape index (κ2) is 8.58. The topological polar surface area (TPSA) is 19.0 Å². The SMILES string of the molecule is Clc1cccc(N2CCN(CC3CN(c4ccccc4)c4ccccc4O3)CC2)c1. The molecule has 5 rings (SSSR count). The van der Waals surface area contributed by atoms with E-state index >= 15 is 0 Å². The maximum Gasteiger partial charge on any atom is 0.143 e. The van der Waals surface area contributed by atoms with Crippen LogP contribution in [0.4, 0.5) is 17.1 Å². The van der Waals surface area contributed by atoms with Crippen molar-refractivity contribution in [3.05, 3.63) is 83.9 Å². The molecular weight excluding hydrogens is 394 g/mol. The van der Waals surface area contributed by atoms with Gasteiger partial charge in [-0.05, 0) is 42.5 Å². The standard InChI is InChI=1S/C25H26ClN3O/c26-20-7-6-10-22(17-20)28-15-13-27(14-16-28)18-23-19-29(21-8-2-1-3-9-21)24-11-4-5-12-25(24)30-23/h1-12,17,23H,13-16,18-19H2. The highest BCUT2D eigenvalue weighted by Crippen LogP contribution is 2.38. The molecule has 5 heteroatoms. The lowest BCUT2D eigenvalue weighted by molar-refractivity contribution is 0.127. The van der Waals surface area contributed by atoms with Crippen LogP contribution in [0.15, 0.2) is 78.9 Å². The third-order valence-electron chi connectivity index (χ3n) is 5.91. The van der Waals surface area contributed by atoms with Crippen LogP contribution in [0.3, 0.4) is 0 Å². The summed E-state index contributed by atoms with van der Waals surface area (Å²) in [6.45, 7) is 5.85. The Morgan fingerprint density at radius 3 is 2.33 bits per heavy atom. The minimum absolute atomic E-state index is 0.137. The monoisotopic (exact) mass is 419 g/mol. The molecule has 3 aromatic carbocycles. The van der Waals surface area contributed by atoms with E-state index in [4.69, 9.17) is 16.3 Å². The lowest BCUT2D eigenvalue weighted by Crippen LogP contribution is -2.51. The number of anilines is 3. The number of halogens is 1. The van der Waals surface area contributed by atoms with Gasteiger partial charge in [-0.15, -0.1) is 0 Å². The molecule has 0 radical (unpaired) electrons. The highest BCUT2D eigenvalue weighted by atomic mass is 35.5. The minimum atomic E-state index is 0.137. The molecule has 3 aromatic rings. The van der Waals surface area contributed by atoms with Crippen molar-refractivity contribution in [3.63, 3.8) is 0 Å². The minimum Gasteiger partial charge on any atom is -0.485 e. The summed E-state index contributed by atoms with van der Waals surface area (Å²) in [5, 5.41) is 0.796. The summed E-state index contributed by atoms with van der Waals surface area (Å²) in [7, 11) is 0. The molecule has 1 fully saturated rings. The van der Waals surface area contributed by atoms with Crippen molar-refractivity contribution in [2.45, 2.75) is 6.10 Å². The zero-order valence-electron chi connectivity index (χ0n) is 17.0. The molecule has 1 unspecified atom stereocenters. The van der Waals surface area contributed by atoms with Gasteiger partial charge in [0.15, 0.2) is 0 Å². The van der Waals surface area contributed by atoms with E-state index in [-0.39, 0.29) is 6.10 Å². The second-order valence-corrected chi connectivity index (χ2v) is 8.36. The van der Waals surface area contributed by atoms with Gasteiger partial charge in [-0.25, -0.2) is 0 Å². The molecule has 2 aliphatic rings. The Kier molecular flexibility index (Phi) is 5.52. The van der Waals surface area contributed by atoms with E-state index in [1.165, 1.54) is 11.4 Å². The summed E-state index contributed by atoms with van der Waals surface area (Å²) in [6, 6.07) is 27.1. The van der Waals surface area contributed by atoms with Crippen LogP contribution < -0.4 is 14.5 Å². The summed E-state index contributed by atoms with van der Waals surface area (Å²) in [6.07, 6.45) is 0.137. The van der Waals surface area contributed by atoms with E-state index in [0.29, 0.717) is 0 Å². The van der Waals surface area contributed by atoms with Gasteiger partial charge in [0.25, 0.3) is 0 Å². The van der Waals surface area contributed by atoms with Crippen molar-refractivity contribution in [1.29, 1.82) is 0 Å². The van der Waals surface area contributed by atoms with Crippen molar-refractivity contribution >= 4 is 28.7 Å². The maximum absolute atomic E-state index is 6.40. The molecule has 0 bridgehead atoms. The Labute approximate surface area is 183 Å². The van der Waals surface area contributed by atoms with Gasteiger partial charge in [-0.2, -0.15) is 0 Å². The van der Waals surface area contributed by atoms with Gasteiger partial charge in [0.1, 0.15) is 11.9 Å². The van der Waals surface area contributed by atoms with E-state index in [9.17, 15) is 0 Å². The van der Waals surface area contributed by atoms with Crippen LogP contribution in [0.25, 0.3) is 0 Å². The van der Waals surface area contributed by atoms with Crippen molar-refractivity contribution < 1.29 is 4.74 Å². The number of rotatable bonds is 4. The Hall–Kier alpha value is -2.69. The van der Waals surface area contributed by atoms with Gasteiger partial charge in [-0.1, -0.05) is 48.0 Å². The molecule has 0 aromatic heterocycles. The number of benzene rings is 3. The third-order valence-corrected chi connectivity index (χ3v) is 6.15. The van der Waals surface area contributed by atoms with Crippen LogP contribution >= 0.6 is 11.6 Å². The van der Waals surface area contributed by atoms with Crippen LogP contribution in [-0.4, -0.2) is 50.3 Å². The van der Waals surface area contributed by atoms with Crippen LogP contribution in [0.1, 0.15) is 0 Å². The van der Waals surface area contributed by atoms with Gasteiger partial charge >= 0.3 is 0 Å². The average molecular weight is 420 g/mol. The van der Waals surface area contributed by atoms with Gasteiger partial charge in [-0.3, -0.25) is 4.90 Å². The zero-order chi connectivity index (χ0) is 20.3. The molecule has 0 aliphatic carbocycles. The molecule has 2 heterocycles. The van der Waals surface area contributed by atoms with E-state index in [0.717, 1.165) is 55.7 Å². The molecular formula is C25H26ClN3O. The average Bonchev–Trinajstić information content (AvgIpc) is 2.80. The first kappa shape index (κ1) is 19.3. The highest BCUT2D eigenvalue weighted by molar-refractivity contribution is 6.30. The zero-order valence-corrected chi connectivity index (χ0v) is 17.7. The summed E-state index contributed by atoms with van der Waals surface area (Å²) in [4.78, 5) is 7.31. The highest BCUT2D eigenvalue weighted by Gasteiger charge is 2.29. The smallest absolute Gasteiger partial charge is 0.143 e. The van der Waals surface area contributed by atoms with E-state index in [1.54, 1.807) is 0 Å². The van der Waals surface area contributed by atoms with E-state index in [1.807, 2.05) is 18.2 Å². The summed E-state index contributed by atoms with van der Waals surface area (Å²) >= 11 is 6.17. The largest absolute Gasteiger partial charge is 0.485 e. The number of nitrogens with zero attached hydrogens (tertiary/aromatic N) is 3. The Morgan fingerprint density at radius 1 is 0.800 bits per heavy atom. The normalized spacial score (nSPS) is 19.3. The molecule has 1 saturated heterocycles. The number of fused-ring (bicyclic) bond motifs is 1. The maximum atomic E-state index is 6.40. The molecule has 0 N–H and O–H groups in total. The Balaban J connectivity index is 1.26. The predicted molar refractivity (Wildman–Crippen MR) is 124 cm³/mol. The lowest BCUT2D eigenvalue weighted by atomic mass is 10.1. The molecule has 0 amide bonds. The number of hydrogen-bond donors (Lipinski definition) is 0. The fraction of sp³-hybridized carbons (Fsp3) is 0.280. The molecule has 0 saturated carbocycles. The molecule has 154 valence electrons. The van der Waals surface area contributed by atoms with Crippen molar-refractivity contribution in [3.8, 4) is 5.75 Å². The van der Waals surface area contributed by atoms with E-state index in [2.05, 4.69) is 75.4 Å². The molecule has 1 atom stereocenters. The lowest BCUT2D eigenvalue weighted by Gasteiger charge is -2.41. The summed E-state index contributed by atoms with van der Waals surface area (Å²) in [5.41, 5.74) is 3.56. The second-order valence-electron chi connectivity index (χ2n) is 7.92. The van der Waals surface area contributed by atoms with Gasteiger partial charge in [0.05, 0.1) is 12.2 Å². The predicted octanol–water partition coefficient (Wildman–Crippen LogP) is 5.06. The quantitative estimate of drug-likeness (QED) is 0.588. The molecule has 30 heavy (non-hydrogen) atoms. The fourth-order valence-electron chi connectivity index (χ4n) is 4.40. The third kappa shape index (κ3) is 4.11. The molecule has 2 aliphatic heterocycles. The number of piperazine rings is 1. The first-order valence-corrected chi connectivity index (χ1v) is 11.0. The van der Waals surface area contributed by atoms with Gasteiger partial charge < -0.3 is 14.5 Å². The Bertz CT molecular complexity index is 988. The summed E-state index contributed by atoms with van der Waals surface area (Å²) in [5.74, 6) is 0.968. The van der Waals surface area contributed by atoms with Crippen LogP contribution in [0.5, 0.6) is 5.75 Å². The number of ether oxygens (including phenoxy) is 1. The first-order valence-electron chi connectivity index (χ1n) is 10.6. The van der Waals surface area contributed by atoms with Crippen LogP contribution in [-0.2, 0) is 0 Å². The van der Waals surface area contributed by atoms with E-state index < -0.39 is 0 Å².